The SMILES string of the molecule is CO[C@H]1CN(C)C(=O)c2cc(NC(=O)c3ccc4c(c3)OCO4)ccc2OC[C@H](C)NC[C@H]1C. The van der Waals surface area contributed by atoms with Crippen LogP contribution >= 0.6 is 0 Å². The van der Waals surface area contributed by atoms with E-state index >= 15 is 0 Å². The van der Waals surface area contributed by atoms with Gasteiger partial charge in [-0.3, -0.25) is 9.59 Å². The summed E-state index contributed by atoms with van der Waals surface area (Å²) in [5.41, 5.74) is 1.29. The maximum Gasteiger partial charge on any atom is 0.257 e. The number of ether oxygens (including phenoxy) is 4. The number of fused-ring (bicyclic) bond motifs is 2. The Kier molecular flexibility index (Phi) is 7.23. The van der Waals surface area contributed by atoms with E-state index in [2.05, 4.69) is 17.6 Å². The highest BCUT2D eigenvalue weighted by molar-refractivity contribution is 6.06. The summed E-state index contributed by atoms with van der Waals surface area (Å²) in [5, 5.41) is 6.32. The van der Waals surface area contributed by atoms with E-state index in [0.717, 1.165) is 6.54 Å². The van der Waals surface area contributed by atoms with Gasteiger partial charge in [-0.1, -0.05) is 6.92 Å². The Morgan fingerprint density at radius 3 is 2.65 bits per heavy atom. The van der Waals surface area contributed by atoms with E-state index < -0.39 is 0 Å². The van der Waals surface area contributed by atoms with E-state index in [0.29, 0.717) is 47.2 Å². The van der Waals surface area contributed by atoms with Crippen molar-refractivity contribution >= 4 is 17.5 Å². The molecule has 9 heteroatoms. The molecule has 0 aromatic heterocycles. The summed E-state index contributed by atoms with van der Waals surface area (Å²) in [6.07, 6.45) is -0.119. The Morgan fingerprint density at radius 2 is 1.85 bits per heavy atom. The Hall–Kier alpha value is -3.30. The third kappa shape index (κ3) is 5.26. The molecule has 0 aliphatic carbocycles. The highest BCUT2D eigenvalue weighted by atomic mass is 16.7. The zero-order valence-corrected chi connectivity index (χ0v) is 19.9. The minimum absolute atomic E-state index is 0.0884. The van der Waals surface area contributed by atoms with Crippen LogP contribution in [0.4, 0.5) is 5.69 Å². The molecule has 2 N–H and O–H groups in total. The van der Waals surface area contributed by atoms with E-state index in [4.69, 9.17) is 18.9 Å². The van der Waals surface area contributed by atoms with Crippen LogP contribution in [0.5, 0.6) is 17.2 Å². The van der Waals surface area contributed by atoms with Crippen molar-refractivity contribution < 1.29 is 28.5 Å². The lowest BCUT2D eigenvalue weighted by atomic mass is 10.0. The van der Waals surface area contributed by atoms with Crippen molar-refractivity contribution in [3.05, 3.63) is 47.5 Å². The fourth-order valence-corrected chi connectivity index (χ4v) is 3.98. The van der Waals surface area contributed by atoms with Crippen LogP contribution in [0.2, 0.25) is 0 Å². The number of hydrogen-bond acceptors (Lipinski definition) is 7. The summed E-state index contributed by atoms with van der Waals surface area (Å²) < 4.78 is 22.3. The van der Waals surface area contributed by atoms with Crippen LogP contribution in [-0.2, 0) is 4.74 Å². The molecular formula is C25H31N3O6. The number of carbonyl (C=O) groups is 2. The second kappa shape index (κ2) is 10.3. The van der Waals surface area contributed by atoms with Crippen molar-refractivity contribution in [1.29, 1.82) is 0 Å². The van der Waals surface area contributed by atoms with Gasteiger partial charge in [0.25, 0.3) is 11.8 Å². The molecule has 9 nitrogen and oxygen atoms in total. The van der Waals surface area contributed by atoms with E-state index in [1.807, 2.05) is 6.92 Å². The van der Waals surface area contributed by atoms with Gasteiger partial charge >= 0.3 is 0 Å². The molecule has 2 aromatic rings. The molecule has 0 bridgehead atoms. The van der Waals surface area contributed by atoms with Crippen LogP contribution in [0.25, 0.3) is 0 Å². The van der Waals surface area contributed by atoms with Crippen molar-refractivity contribution in [2.24, 2.45) is 5.92 Å². The summed E-state index contributed by atoms with van der Waals surface area (Å²) in [7, 11) is 3.40. The first-order valence-electron chi connectivity index (χ1n) is 11.3. The first kappa shape index (κ1) is 23.8. The number of likely N-dealkylation sites (N-methyl/N-ethyl adjacent to an activating group) is 1. The number of amides is 2. The molecule has 182 valence electrons. The first-order chi connectivity index (χ1) is 16.4. The highest BCUT2D eigenvalue weighted by Crippen LogP contribution is 2.33. The van der Waals surface area contributed by atoms with Gasteiger partial charge < -0.3 is 34.5 Å². The van der Waals surface area contributed by atoms with Gasteiger partial charge in [0.15, 0.2) is 11.5 Å². The molecule has 2 amide bonds. The van der Waals surface area contributed by atoms with E-state index in [1.165, 1.54) is 0 Å². The van der Waals surface area contributed by atoms with Crippen LogP contribution in [0.15, 0.2) is 36.4 Å². The Morgan fingerprint density at radius 1 is 1.09 bits per heavy atom. The number of carbonyl (C=O) groups excluding carboxylic acids is 2. The smallest absolute Gasteiger partial charge is 0.257 e. The van der Waals surface area contributed by atoms with Gasteiger partial charge in [-0.15, -0.1) is 0 Å². The van der Waals surface area contributed by atoms with Crippen LogP contribution in [0.3, 0.4) is 0 Å². The average Bonchev–Trinajstić information content (AvgIpc) is 3.31. The quantitative estimate of drug-likeness (QED) is 0.713. The molecular weight excluding hydrogens is 438 g/mol. The van der Waals surface area contributed by atoms with Gasteiger partial charge in [-0.2, -0.15) is 0 Å². The Labute approximate surface area is 199 Å². The maximum absolute atomic E-state index is 13.4. The van der Waals surface area contributed by atoms with Gasteiger partial charge in [-0.25, -0.2) is 0 Å². The molecule has 4 rings (SSSR count). The van der Waals surface area contributed by atoms with Crippen molar-refractivity contribution in [3.63, 3.8) is 0 Å². The first-order valence-corrected chi connectivity index (χ1v) is 11.3. The predicted octanol–water partition coefficient (Wildman–Crippen LogP) is 2.76. The molecule has 2 aliphatic heterocycles. The van der Waals surface area contributed by atoms with E-state index in [9.17, 15) is 9.59 Å². The zero-order chi connectivity index (χ0) is 24.2. The fourth-order valence-electron chi connectivity index (χ4n) is 3.98. The van der Waals surface area contributed by atoms with Crippen molar-refractivity contribution in [3.8, 4) is 17.2 Å². The third-order valence-electron chi connectivity index (χ3n) is 6.12. The summed E-state index contributed by atoms with van der Waals surface area (Å²) in [6.45, 7) is 5.85. The summed E-state index contributed by atoms with van der Waals surface area (Å²) in [6, 6.07) is 10.2. The monoisotopic (exact) mass is 469 g/mol. The highest BCUT2D eigenvalue weighted by Gasteiger charge is 2.26. The fraction of sp³-hybridized carbons (Fsp3) is 0.440. The molecule has 0 spiro atoms. The number of methoxy groups -OCH3 is 1. The van der Waals surface area contributed by atoms with Crippen molar-refractivity contribution in [2.75, 3.05) is 46.0 Å². The van der Waals surface area contributed by atoms with Gasteiger partial charge in [0, 0.05) is 44.5 Å². The minimum atomic E-state index is -0.320. The number of nitrogens with one attached hydrogen (secondary N) is 2. The van der Waals surface area contributed by atoms with Crippen molar-refractivity contribution in [2.45, 2.75) is 26.0 Å². The average molecular weight is 470 g/mol. The second-order valence-electron chi connectivity index (χ2n) is 8.79. The summed E-state index contributed by atoms with van der Waals surface area (Å²) in [5.74, 6) is 1.28. The lowest BCUT2D eigenvalue weighted by Crippen LogP contribution is -2.44. The number of hydrogen-bond donors (Lipinski definition) is 2. The minimum Gasteiger partial charge on any atom is -0.491 e. The number of nitrogens with zero attached hydrogens (tertiary/aromatic N) is 1. The lowest BCUT2D eigenvalue weighted by Gasteiger charge is -2.30. The topological polar surface area (TPSA) is 98.4 Å². The number of rotatable bonds is 3. The maximum atomic E-state index is 13.4. The molecule has 3 atom stereocenters. The second-order valence-corrected chi connectivity index (χ2v) is 8.79. The molecule has 0 saturated heterocycles. The standard InChI is InChI=1S/C25H31N3O6/c1-15-11-26-16(2)13-32-20-8-6-18(10-19(20)25(30)28(3)12-23(15)31-4)27-24(29)17-5-7-21-22(9-17)34-14-33-21/h5-10,15-16,23,26H,11-14H2,1-4H3,(H,27,29)/t15-,16+,23+/m1/s1. The van der Waals surface area contributed by atoms with Crippen molar-refractivity contribution in [1.82, 2.24) is 10.2 Å². The largest absolute Gasteiger partial charge is 0.491 e. The molecule has 0 radical (unpaired) electrons. The number of anilines is 1. The molecule has 0 unspecified atom stereocenters. The van der Waals surface area contributed by atoms with Gasteiger partial charge in [0.05, 0.1) is 11.7 Å². The van der Waals surface area contributed by atoms with Gasteiger partial charge in [0.2, 0.25) is 6.79 Å². The molecule has 2 aliphatic rings. The summed E-state index contributed by atoms with van der Waals surface area (Å²) >= 11 is 0. The third-order valence-corrected chi connectivity index (χ3v) is 6.12. The predicted molar refractivity (Wildman–Crippen MR) is 127 cm³/mol. The van der Waals surface area contributed by atoms with E-state index in [-0.39, 0.29) is 36.7 Å². The van der Waals surface area contributed by atoms with E-state index in [1.54, 1.807) is 55.5 Å². The normalized spacial score (nSPS) is 22.8. The summed E-state index contributed by atoms with van der Waals surface area (Å²) in [4.78, 5) is 27.8. The van der Waals surface area contributed by atoms with Crippen LogP contribution in [-0.4, -0.2) is 69.5 Å². The molecule has 0 saturated carbocycles. The molecule has 0 fully saturated rings. The zero-order valence-electron chi connectivity index (χ0n) is 19.9. The molecule has 34 heavy (non-hydrogen) atoms. The molecule has 2 heterocycles. The van der Waals surface area contributed by atoms with Gasteiger partial charge in [-0.05, 0) is 49.2 Å². The Balaban J connectivity index is 1.58. The molecule has 2 aromatic carbocycles. The number of benzene rings is 2. The lowest BCUT2D eigenvalue weighted by molar-refractivity contribution is 0.0281. The van der Waals surface area contributed by atoms with Gasteiger partial charge in [0.1, 0.15) is 12.4 Å². The van der Waals surface area contributed by atoms with Crippen LogP contribution in [0.1, 0.15) is 34.6 Å². The van der Waals surface area contributed by atoms with Crippen LogP contribution < -0.4 is 24.8 Å². The Bertz CT molecular complexity index is 1060. The van der Waals surface area contributed by atoms with Crippen LogP contribution in [0, 0.1) is 5.92 Å².